The third-order valence-corrected chi connectivity index (χ3v) is 3.95. The summed E-state index contributed by atoms with van der Waals surface area (Å²) in [6, 6.07) is 4.45. The first-order valence-corrected chi connectivity index (χ1v) is 7.71. The van der Waals surface area contributed by atoms with Gasteiger partial charge in [0.15, 0.2) is 0 Å². The number of rotatable bonds is 8. The highest BCUT2D eigenvalue weighted by molar-refractivity contribution is 5.45. The minimum Gasteiger partial charge on any atom is -0.493 e. The van der Waals surface area contributed by atoms with E-state index in [-0.39, 0.29) is 0 Å². The van der Waals surface area contributed by atoms with Crippen molar-refractivity contribution in [2.45, 2.75) is 46.5 Å². The van der Waals surface area contributed by atoms with E-state index in [0.29, 0.717) is 31.5 Å². The van der Waals surface area contributed by atoms with Crippen LogP contribution in [0.4, 0.5) is 0 Å². The zero-order valence-corrected chi connectivity index (χ0v) is 13.4. The van der Waals surface area contributed by atoms with Crippen molar-refractivity contribution in [3.8, 4) is 5.75 Å². The second-order valence-corrected chi connectivity index (χ2v) is 5.61. The molecule has 1 aromatic rings. The van der Waals surface area contributed by atoms with Crippen molar-refractivity contribution in [1.29, 1.82) is 0 Å². The lowest BCUT2D eigenvalue weighted by atomic mass is 9.85. The molecule has 3 nitrogen and oxygen atoms in total. The van der Waals surface area contributed by atoms with E-state index in [0.717, 1.165) is 18.6 Å². The normalized spacial score (nSPS) is 12.8. The van der Waals surface area contributed by atoms with Gasteiger partial charge in [-0.15, -0.1) is 0 Å². The van der Waals surface area contributed by atoms with E-state index in [9.17, 15) is 0 Å². The molecule has 4 N–H and O–H groups in total. The Morgan fingerprint density at radius 2 is 1.75 bits per heavy atom. The lowest BCUT2D eigenvalue weighted by molar-refractivity contribution is 0.327. The molecule has 1 atom stereocenters. The SMILES string of the molecule is CCOc1c(C)cc(C)cc1C(CC)CC(CN)CN. The molecule has 0 bridgehead atoms. The number of benzene rings is 1. The van der Waals surface area contributed by atoms with Crippen LogP contribution < -0.4 is 16.2 Å². The van der Waals surface area contributed by atoms with E-state index in [1.807, 2.05) is 6.92 Å². The van der Waals surface area contributed by atoms with Gasteiger partial charge in [-0.05, 0) is 69.7 Å². The zero-order valence-electron chi connectivity index (χ0n) is 13.4. The van der Waals surface area contributed by atoms with Crippen LogP contribution in [0.15, 0.2) is 12.1 Å². The second-order valence-electron chi connectivity index (χ2n) is 5.61. The molecule has 3 heteroatoms. The van der Waals surface area contributed by atoms with Crippen LogP contribution in [-0.2, 0) is 0 Å². The van der Waals surface area contributed by atoms with Gasteiger partial charge in [0.2, 0.25) is 0 Å². The highest BCUT2D eigenvalue weighted by Gasteiger charge is 2.20. The average molecular weight is 278 g/mol. The molecule has 0 aliphatic heterocycles. The molecule has 1 unspecified atom stereocenters. The van der Waals surface area contributed by atoms with Gasteiger partial charge in [0.05, 0.1) is 6.61 Å². The lowest BCUT2D eigenvalue weighted by Crippen LogP contribution is -2.25. The van der Waals surface area contributed by atoms with Gasteiger partial charge in [-0.1, -0.05) is 24.6 Å². The molecule has 0 saturated carbocycles. The molecule has 0 aromatic heterocycles. The number of hydrogen-bond acceptors (Lipinski definition) is 3. The Bertz CT molecular complexity index is 414. The second kappa shape index (κ2) is 8.28. The van der Waals surface area contributed by atoms with Crippen molar-refractivity contribution in [3.63, 3.8) is 0 Å². The molecule has 0 amide bonds. The maximum atomic E-state index is 5.89. The Balaban J connectivity index is 3.12. The molecule has 1 rings (SSSR count). The van der Waals surface area contributed by atoms with E-state index >= 15 is 0 Å². The first kappa shape index (κ1) is 17.0. The Morgan fingerprint density at radius 3 is 2.25 bits per heavy atom. The Kier molecular flexibility index (Phi) is 7.03. The molecule has 20 heavy (non-hydrogen) atoms. The summed E-state index contributed by atoms with van der Waals surface area (Å²) in [5, 5.41) is 0. The van der Waals surface area contributed by atoms with Crippen LogP contribution in [0.2, 0.25) is 0 Å². The highest BCUT2D eigenvalue weighted by Crippen LogP contribution is 2.36. The summed E-state index contributed by atoms with van der Waals surface area (Å²) in [6.07, 6.45) is 2.12. The van der Waals surface area contributed by atoms with E-state index in [4.69, 9.17) is 16.2 Å². The largest absolute Gasteiger partial charge is 0.493 e. The number of aryl methyl sites for hydroxylation is 2. The number of hydrogen-bond donors (Lipinski definition) is 2. The number of ether oxygens (including phenoxy) is 1. The van der Waals surface area contributed by atoms with Gasteiger partial charge in [-0.25, -0.2) is 0 Å². The van der Waals surface area contributed by atoms with Crippen molar-refractivity contribution >= 4 is 0 Å². The smallest absolute Gasteiger partial charge is 0.125 e. The molecular weight excluding hydrogens is 248 g/mol. The summed E-state index contributed by atoms with van der Waals surface area (Å²) in [5.74, 6) is 1.90. The maximum absolute atomic E-state index is 5.89. The summed E-state index contributed by atoms with van der Waals surface area (Å²) < 4.78 is 5.89. The molecule has 0 spiro atoms. The Hall–Kier alpha value is -1.06. The van der Waals surface area contributed by atoms with Crippen LogP contribution >= 0.6 is 0 Å². The van der Waals surface area contributed by atoms with Crippen LogP contribution in [0.3, 0.4) is 0 Å². The van der Waals surface area contributed by atoms with Gasteiger partial charge in [0.1, 0.15) is 5.75 Å². The van der Waals surface area contributed by atoms with Crippen molar-refractivity contribution in [2.24, 2.45) is 17.4 Å². The lowest BCUT2D eigenvalue weighted by Gasteiger charge is -2.24. The summed E-state index contributed by atoms with van der Waals surface area (Å²) in [6.45, 7) is 10.5. The third kappa shape index (κ3) is 4.22. The predicted octanol–water partition coefficient (Wildman–Crippen LogP) is 3.12. The fourth-order valence-electron chi connectivity index (χ4n) is 2.84. The monoisotopic (exact) mass is 278 g/mol. The van der Waals surface area contributed by atoms with E-state index in [1.165, 1.54) is 16.7 Å². The summed E-state index contributed by atoms with van der Waals surface area (Å²) in [7, 11) is 0. The molecule has 114 valence electrons. The van der Waals surface area contributed by atoms with E-state index in [2.05, 4.69) is 32.9 Å². The van der Waals surface area contributed by atoms with Gasteiger partial charge in [0, 0.05) is 0 Å². The molecule has 0 aliphatic carbocycles. The predicted molar refractivity (Wildman–Crippen MR) is 86.3 cm³/mol. The van der Waals surface area contributed by atoms with Gasteiger partial charge < -0.3 is 16.2 Å². The van der Waals surface area contributed by atoms with E-state index in [1.54, 1.807) is 0 Å². The van der Waals surface area contributed by atoms with Crippen molar-refractivity contribution in [3.05, 3.63) is 28.8 Å². The summed E-state index contributed by atoms with van der Waals surface area (Å²) in [4.78, 5) is 0. The Morgan fingerprint density at radius 1 is 1.10 bits per heavy atom. The zero-order chi connectivity index (χ0) is 15.1. The van der Waals surface area contributed by atoms with Crippen LogP contribution in [0, 0.1) is 19.8 Å². The van der Waals surface area contributed by atoms with Gasteiger partial charge >= 0.3 is 0 Å². The van der Waals surface area contributed by atoms with Crippen molar-refractivity contribution < 1.29 is 4.74 Å². The summed E-state index contributed by atoms with van der Waals surface area (Å²) in [5.41, 5.74) is 15.4. The van der Waals surface area contributed by atoms with Gasteiger partial charge in [-0.2, -0.15) is 0 Å². The standard InChI is InChI=1S/C17H30N2O/c1-5-15(9-14(10-18)11-19)16-8-12(3)7-13(4)17(16)20-6-2/h7-8,14-15H,5-6,9-11,18-19H2,1-4H3. The first-order valence-electron chi connectivity index (χ1n) is 7.71. The van der Waals surface area contributed by atoms with Gasteiger partial charge in [-0.3, -0.25) is 0 Å². The third-order valence-electron chi connectivity index (χ3n) is 3.95. The van der Waals surface area contributed by atoms with Crippen LogP contribution in [0.1, 0.15) is 49.3 Å². The fourth-order valence-corrected chi connectivity index (χ4v) is 2.84. The van der Waals surface area contributed by atoms with Crippen LogP contribution in [0.5, 0.6) is 5.75 Å². The molecule has 0 saturated heterocycles. The van der Waals surface area contributed by atoms with Crippen molar-refractivity contribution in [1.82, 2.24) is 0 Å². The number of nitrogens with two attached hydrogens (primary N) is 2. The summed E-state index contributed by atoms with van der Waals surface area (Å²) >= 11 is 0. The first-order chi connectivity index (χ1) is 9.57. The quantitative estimate of drug-likeness (QED) is 0.768. The molecular formula is C17H30N2O. The molecule has 0 fully saturated rings. The van der Waals surface area contributed by atoms with E-state index < -0.39 is 0 Å². The molecule has 0 heterocycles. The van der Waals surface area contributed by atoms with Gasteiger partial charge in [0.25, 0.3) is 0 Å². The average Bonchev–Trinajstić information content (AvgIpc) is 2.43. The van der Waals surface area contributed by atoms with Crippen LogP contribution in [0.25, 0.3) is 0 Å². The highest BCUT2D eigenvalue weighted by atomic mass is 16.5. The Labute approximate surface area is 123 Å². The minimum absolute atomic E-state index is 0.384. The molecule has 1 aromatic carbocycles. The topological polar surface area (TPSA) is 61.3 Å². The minimum atomic E-state index is 0.384. The molecule has 0 radical (unpaired) electrons. The molecule has 0 aliphatic rings. The fraction of sp³-hybridized carbons (Fsp3) is 0.647. The van der Waals surface area contributed by atoms with Crippen LogP contribution in [-0.4, -0.2) is 19.7 Å². The van der Waals surface area contributed by atoms with Crippen molar-refractivity contribution in [2.75, 3.05) is 19.7 Å². The maximum Gasteiger partial charge on any atom is 0.125 e.